The maximum absolute atomic E-state index is 6.16. The van der Waals surface area contributed by atoms with E-state index in [0.717, 1.165) is 29.9 Å². The zero-order chi connectivity index (χ0) is 13.2. The number of imidazole rings is 1. The van der Waals surface area contributed by atoms with Crippen LogP contribution in [0.5, 0.6) is 0 Å². The van der Waals surface area contributed by atoms with Crippen LogP contribution < -0.4 is 0 Å². The van der Waals surface area contributed by atoms with Crippen LogP contribution in [0, 0.1) is 0 Å². The number of para-hydroxylation sites is 1. The lowest BCUT2D eigenvalue weighted by molar-refractivity contribution is 0.533. The van der Waals surface area contributed by atoms with Gasteiger partial charge in [0, 0.05) is 18.9 Å². The van der Waals surface area contributed by atoms with Gasteiger partial charge in [-0.2, -0.15) is 5.10 Å². The largest absolute Gasteiger partial charge is 0.325 e. The molecule has 6 heteroatoms. The molecule has 0 aliphatic rings. The fraction of sp³-hybridized carbons (Fsp3) is 0.231. The molecule has 3 rings (SSSR count). The maximum Gasteiger partial charge on any atom is 0.124 e. The van der Waals surface area contributed by atoms with Crippen molar-refractivity contribution < 1.29 is 0 Å². The summed E-state index contributed by atoms with van der Waals surface area (Å²) >= 11 is 12.1. The Hall–Kier alpha value is -1.52. The molecule has 2 heterocycles. The van der Waals surface area contributed by atoms with Gasteiger partial charge in [0.1, 0.15) is 11.3 Å². The number of hydrogen-bond donors (Lipinski definition) is 0. The Bertz CT molecular complexity index is 688. The van der Waals surface area contributed by atoms with Crippen LogP contribution in [0.3, 0.4) is 0 Å². The van der Waals surface area contributed by atoms with Gasteiger partial charge in [0.25, 0.3) is 0 Å². The van der Waals surface area contributed by atoms with Crippen LogP contribution in [-0.4, -0.2) is 19.3 Å². The van der Waals surface area contributed by atoms with Gasteiger partial charge in [-0.25, -0.2) is 4.98 Å². The van der Waals surface area contributed by atoms with Crippen molar-refractivity contribution in [3.8, 4) is 0 Å². The van der Waals surface area contributed by atoms with Crippen molar-refractivity contribution in [1.82, 2.24) is 19.3 Å². The minimum atomic E-state index is 0.365. The Kier molecular flexibility index (Phi) is 3.44. The lowest BCUT2D eigenvalue weighted by Gasteiger charge is -2.07. The predicted octanol–water partition coefficient (Wildman–Crippen LogP) is 3.33. The summed E-state index contributed by atoms with van der Waals surface area (Å²) in [6, 6.07) is 7.68. The van der Waals surface area contributed by atoms with Gasteiger partial charge in [-0.1, -0.05) is 17.7 Å². The molecule has 0 unspecified atom stereocenters. The van der Waals surface area contributed by atoms with Gasteiger partial charge in [0.15, 0.2) is 0 Å². The molecule has 0 saturated heterocycles. The number of alkyl halides is 1. The molecule has 2 aromatic heterocycles. The van der Waals surface area contributed by atoms with Crippen molar-refractivity contribution in [3.63, 3.8) is 0 Å². The average Bonchev–Trinajstić information content (AvgIpc) is 3.03. The number of benzene rings is 1. The van der Waals surface area contributed by atoms with E-state index in [1.165, 1.54) is 0 Å². The Balaban J connectivity index is 1.99. The highest BCUT2D eigenvalue weighted by molar-refractivity contribution is 6.34. The summed E-state index contributed by atoms with van der Waals surface area (Å²) in [5.41, 5.74) is 1.82. The van der Waals surface area contributed by atoms with Gasteiger partial charge in [-0.3, -0.25) is 4.68 Å². The summed E-state index contributed by atoms with van der Waals surface area (Å²) in [5.74, 6) is 1.20. The number of aryl methyl sites for hydroxylation is 2. The van der Waals surface area contributed by atoms with Crippen LogP contribution >= 0.6 is 23.2 Å². The van der Waals surface area contributed by atoms with Gasteiger partial charge in [0.05, 0.1) is 23.0 Å². The molecule has 4 nitrogen and oxygen atoms in total. The SMILES string of the molecule is ClCc1nc2c(Cl)cccc2n1CCn1cccn1. The molecule has 0 bridgehead atoms. The Labute approximate surface area is 120 Å². The highest BCUT2D eigenvalue weighted by Crippen LogP contribution is 2.24. The van der Waals surface area contributed by atoms with Crippen LogP contribution in [0.15, 0.2) is 36.7 Å². The van der Waals surface area contributed by atoms with E-state index in [1.807, 2.05) is 35.1 Å². The first kappa shape index (κ1) is 12.5. The Morgan fingerprint density at radius 3 is 2.79 bits per heavy atom. The molecule has 0 fully saturated rings. The maximum atomic E-state index is 6.16. The summed E-state index contributed by atoms with van der Waals surface area (Å²) in [4.78, 5) is 4.50. The third kappa shape index (κ3) is 2.33. The standard InChI is InChI=1S/C13H12Cl2N4/c14-9-12-17-13-10(15)3-1-4-11(13)19(12)8-7-18-6-2-5-16-18/h1-6H,7-9H2. The normalized spacial score (nSPS) is 11.3. The topological polar surface area (TPSA) is 35.6 Å². The molecule has 0 spiro atoms. The Morgan fingerprint density at radius 2 is 2.05 bits per heavy atom. The minimum absolute atomic E-state index is 0.365. The molecule has 1 aromatic carbocycles. The molecule has 0 N–H and O–H groups in total. The second-order valence-corrected chi connectivity index (χ2v) is 4.86. The zero-order valence-corrected chi connectivity index (χ0v) is 11.6. The highest BCUT2D eigenvalue weighted by atomic mass is 35.5. The number of hydrogen-bond acceptors (Lipinski definition) is 2. The summed E-state index contributed by atoms with van der Waals surface area (Å²) in [6.45, 7) is 1.54. The first-order valence-corrected chi connectivity index (χ1v) is 6.88. The molecular formula is C13H12Cl2N4. The molecular weight excluding hydrogens is 283 g/mol. The highest BCUT2D eigenvalue weighted by Gasteiger charge is 2.11. The Morgan fingerprint density at radius 1 is 1.16 bits per heavy atom. The van der Waals surface area contributed by atoms with E-state index < -0.39 is 0 Å². The van der Waals surface area contributed by atoms with Gasteiger partial charge < -0.3 is 4.57 Å². The lowest BCUT2D eigenvalue weighted by Crippen LogP contribution is -2.09. The molecule has 0 aliphatic carbocycles. The first-order valence-electron chi connectivity index (χ1n) is 5.96. The van der Waals surface area contributed by atoms with Crippen molar-refractivity contribution in [2.75, 3.05) is 0 Å². The second-order valence-electron chi connectivity index (χ2n) is 4.19. The molecule has 19 heavy (non-hydrogen) atoms. The van der Waals surface area contributed by atoms with Crippen molar-refractivity contribution >= 4 is 34.2 Å². The molecule has 0 radical (unpaired) electrons. The lowest BCUT2D eigenvalue weighted by atomic mass is 10.3. The third-order valence-corrected chi connectivity index (χ3v) is 3.58. The average molecular weight is 295 g/mol. The van der Waals surface area contributed by atoms with Gasteiger partial charge >= 0.3 is 0 Å². The summed E-state index contributed by atoms with van der Waals surface area (Å²) in [7, 11) is 0. The third-order valence-electron chi connectivity index (χ3n) is 3.04. The predicted molar refractivity (Wildman–Crippen MR) is 76.5 cm³/mol. The number of rotatable bonds is 4. The number of aromatic nitrogens is 4. The smallest absolute Gasteiger partial charge is 0.124 e. The fourth-order valence-electron chi connectivity index (χ4n) is 2.15. The van der Waals surface area contributed by atoms with Crippen LogP contribution in [0.4, 0.5) is 0 Å². The van der Waals surface area contributed by atoms with Crippen LogP contribution in [0.1, 0.15) is 5.82 Å². The van der Waals surface area contributed by atoms with Crippen molar-refractivity contribution in [2.45, 2.75) is 19.0 Å². The van der Waals surface area contributed by atoms with Crippen LogP contribution in [-0.2, 0) is 19.0 Å². The summed E-state index contributed by atoms with van der Waals surface area (Å²) in [5, 5.41) is 4.85. The van der Waals surface area contributed by atoms with E-state index in [9.17, 15) is 0 Å². The quantitative estimate of drug-likeness (QED) is 0.692. The number of nitrogens with zero attached hydrogens (tertiary/aromatic N) is 4. The van der Waals surface area contributed by atoms with E-state index in [4.69, 9.17) is 23.2 Å². The fourth-order valence-corrected chi connectivity index (χ4v) is 2.56. The number of fused-ring (bicyclic) bond motifs is 1. The van der Waals surface area contributed by atoms with E-state index in [0.29, 0.717) is 10.9 Å². The van der Waals surface area contributed by atoms with E-state index in [-0.39, 0.29) is 0 Å². The van der Waals surface area contributed by atoms with Gasteiger partial charge in [-0.05, 0) is 18.2 Å². The van der Waals surface area contributed by atoms with E-state index in [1.54, 1.807) is 6.20 Å². The van der Waals surface area contributed by atoms with Gasteiger partial charge in [0.2, 0.25) is 0 Å². The molecule has 98 valence electrons. The van der Waals surface area contributed by atoms with Gasteiger partial charge in [-0.15, -0.1) is 11.6 Å². The second kappa shape index (κ2) is 5.23. The molecule has 3 aromatic rings. The first-order chi connectivity index (χ1) is 9.29. The van der Waals surface area contributed by atoms with Crippen LogP contribution in [0.2, 0.25) is 5.02 Å². The van der Waals surface area contributed by atoms with Crippen molar-refractivity contribution in [1.29, 1.82) is 0 Å². The minimum Gasteiger partial charge on any atom is -0.325 e. The van der Waals surface area contributed by atoms with E-state index in [2.05, 4.69) is 14.6 Å². The van der Waals surface area contributed by atoms with E-state index >= 15 is 0 Å². The van der Waals surface area contributed by atoms with Crippen molar-refractivity contribution in [2.24, 2.45) is 0 Å². The van der Waals surface area contributed by atoms with Crippen LogP contribution in [0.25, 0.3) is 11.0 Å². The monoisotopic (exact) mass is 294 g/mol. The molecule has 0 aliphatic heterocycles. The summed E-state index contributed by atoms with van der Waals surface area (Å²) < 4.78 is 3.98. The zero-order valence-electron chi connectivity index (χ0n) is 10.1. The summed E-state index contributed by atoms with van der Waals surface area (Å²) in [6.07, 6.45) is 3.71. The number of halogens is 2. The molecule has 0 amide bonds. The van der Waals surface area contributed by atoms with Crippen molar-refractivity contribution in [3.05, 3.63) is 47.5 Å². The molecule has 0 atom stereocenters. The molecule has 0 saturated carbocycles.